The molecule has 0 saturated carbocycles. The van der Waals surface area contributed by atoms with Crippen molar-refractivity contribution >= 4 is 13.9 Å². The van der Waals surface area contributed by atoms with Crippen LogP contribution in [0.25, 0.3) is 3.76 Å². The first kappa shape index (κ1) is 7.70. The molecular formula is CHAsF5N. The van der Waals surface area contributed by atoms with E-state index in [0.717, 1.165) is 0 Å². The van der Waals surface area contributed by atoms with Crippen LogP contribution >= 0.6 is 0 Å². The minimum atomic E-state index is -10.2. The first-order valence-corrected chi connectivity index (χ1v) is 5.69. The molecule has 0 aliphatic carbocycles. The predicted octanol–water partition coefficient (Wildman–Crippen LogP) is 2.13. The van der Waals surface area contributed by atoms with Crippen LogP contribution in [-0.2, 0) is 0 Å². The molecule has 0 atom stereocenters. The molecule has 0 amide bonds. The van der Waals surface area contributed by atoms with Crippen molar-refractivity contribution in [2.24, 2.45) is 0 Å². The summed E-state index contributed by atoms with van der Waals surface area (Å²) in [6.45, 7) is 3.40. The number of rotatable bonds is 0. The third kappa shape index (κ3) is 5.70. The fourth-order valence-electron chi connectivity index (χ4n) is 0. The van der Waals surface area contributed by atoms with Crippen LogP contribution in [0.1, 0.15) is 0 Å². The molecule has 0 aromatic heterocycles. The fourth-order valence-corrected chi connectivity index (χ4v) is 0. The molecule has 0 radical (unpaired) electrons. The molecule has 0 saturated heterocycles. The molecule has 0 aliphatic heterocycles. The molecule has 0 spiro atoms. The van der Waals surface area contributed by atoms with Crippen molar-refractivity contribution in [2.75, 3.05) is 0 Å². The molecular weight excluding hydrogens is 196 g/mol. The van der Waals surface area contributed by atoms with Crippen LogP contribution in [0, 0.1) is 6.57 Å². The van der Waals surface area contributed by atoms with Gasteiger partial charge in [0.05, 0.1) is 0 Å². The normalized spacial score (nSPS) is 20.5. The van der Waals surface area contributed by atoms with Crippen molar-refractivity contribution in [1.29, 1.82) is 0 Å². The van der Waals surface area contributed by atoms with E-state index in [2.05, 4.69) is 6.57 Å². The molecule has 50 valence electrons. The Bertz CT molecular complexity index is 143. The summed E-state index contributed by atoms with van der Waals surface area (Å²) < 4.78 is 54.2. The Morgan fingerprint density at radius 2 is 1.12 bits per heavy atom. The average Bonchev–Trinajstić information content (AvgIpc) is 1.30. The Morgan fingerprint density at radius 3 is 1.12 bits per heavy atom. The molecule has 0 bridgehead atoms. The van der Waals surface area contributed by atoms with Crippen LogP contribution < -0.4 is 0 Å². The summed E-state index contributed by atoms with van der Waals surface area (Å²) >= 11 is -10.2. The van der Waals surface area contributed by atoms with Gasteiger partial charge in [0.2, 0.25) is 0 Å². The standard InChI is InChI=1S/CHAsF5N/c1-8-2(3,4,5,6)7/h1H. The van der Waals surface area contributed by atoms with Gasteiger partial charge in [-0.3, -0.25) is 0 Å². The maximum atomic E-state index is 10.7. The summed E-state index contributed by atoms with van der Waals surface area (Å²) in [7, 11) is 0. The van der Waals surface area contributed by atoms with Gasteiger partial charge in [0.25, 0.3) is 0 Å². The van der Waals surface area contributed by atoms with Crippen LogP contribution in [0.4, 0.5) is 17.3 Å². The Morgan fingerprint density at radius 1 is 1.00 bits per heavy atom. The van der Waals surface area contributed by atoms with Crippen LogP contribution in [0.5, 0.6) is 0 Å². The van der Waals surface area contributed by atoms with E-state index < -0.39 is 13.9 Å². The van der Waals surface area contributed by atoms with Crippen molar-refractivity contribution < 1.29 is 17.3 Å². The molecule has 1 nitrogen and oxygen atoms in total. The molecule has 0 aromatic rings. The van der Waals surface area contributed by atoms with E-state index in [-0.39, 0.29) is 0 Å². The Balaban J connectivity index is 4.88. The average molecular weight is 197 g/mol. The van der Waals surface area contributed by atoms with Gasteiger partial charge in [0.1, 0.15) is 0 Å². The maximum absolute atomic E-state index is 10.7. The first-order chi connectivity index (χ1) is 3.04. The fraction of sp³-hybridized carbons (Fsp3) is 0. The van der Waals surface area contributed by atoms with Gasteiger partial charge in [-0.05, 0) is 0 Å². The van der Waals surface area contributed by atoms with Gasteiger partial charge < -0.3 is 0 Å². The van der Waals surface area contributed by atoms with Crippen LogP contribution in [0.2, 0.25) is 0 Å². The van der Waals surface area contributed by atoms with Gasteiger partial charge in [-0.1, -0.05) is 0 Å². The SMILES string of the molecule is C#[N+][As-](F)(F)(F)(F)F. The monoisotopic (exact) mass is 197 g/mol. The van der Waals surface area contributed by atoms with E-state index in [4.69, 9.17) is 0 Å². The van der Waals surface area contributed by atoms with Gasteiger partial charge in [0, 0.05) is 0 Å². The second kappa shape index (κ2) is 0.883. The van der Waals surface area contributed by atoms with Crippen molar-refractivity contribution in [2.45, 2.75) is 0 Å². The van der Waals surface area contributed by atoms with E-state index >= 15 is 0 Å². The molecule has 0 aliphatic rings. The van der Waals surface area contributed by atoms with Crippen molar-refractivity contribution in [1.82, 2.24) is 0 Å². The van der Waals surface area contributed by atoms with Crippen LogP contribution in [0.3, 0.4) is 0 Å². The summed E-state index contributed by atoms with van der Waals surface area (Å²) in [6, 6.07) is 0. The zero-order valence-corrected chi connectivity index (χ0v) is 5.24. The Hall–Kier alpha value is -0.302. The molecule has 8 heavy (non-hydrogen) atoms. The third-order valence-electron chi connectivity index (χ3n) is 0.218. The Kier molecular flexibility index (Phi) is 0.849. The van der Waals surface area contributed by atoms with E-state index in [1.165, 1.54) is 0 Å². The number of hydrogen-bond donors (Lipinski definition) is 0. The second-order valence-electron chi connectivity index (χ2n) is 1.13. The van der Waals surface area contributed by atoms with Crippen LogP contribution in [-0.4, -0.2) is 13.9 Å². The Labute approximate surface area is 42.5 Å². The van der Waals surface area contributed by atoms with Gasteiger partial charge in [-0.2, -0.15) is 0 Å². The zero-order valence-electron chi connectivity index (χ0n) is 3.36. The molecule has 0 heterocycles. The molecule has 0 unspecified atom stereocenters. The predicted molar refractivity (Wildman–Crippen MR) is 19.6 cm³/mol. The molecule has 0 rings (SSSR count). The van der Waals surface area contributed by atoms with Gasteiger partial charge in [0.15, 0.2) is 0 Å². The van der Waals surface area contributed by atoms with Crippen molar-refractivity contribution in [3.05, 3.63) is 3.76 Å². The topological polar surface area (TPSA) is 4.36 Å². The first-order valence-electron chi connectivity index (χ1n) is 1.30. The van der Waals surface area contributed by atoms with E-state index in [1.54, 1.807) is 0 Å². The summed E-state index contributed by atoms with van der Waals surface area (Å²) in [4.78, 5) is 0. The van der Waals surface area contributed by atoms with Crippen LogP contribution in [0.15, 0.2) is 0 Å². The van der Waals surface area contributed by atoms with E-state index in [1.807, 2.05) is 0 Å². The summed E-state index contributed by atoms with van der Waals surface area (Å²) in [5.74, 6) is 0. The van der Waals surface area contributed by atoms with E-state index in [0.29, 0.717) is 3.76 Å². The van der Waals surface area contributed by atoms with Crippen molar-refractivity contribution in [3.8, 4) is 6.57 Å². The number of nitrogens with zero attached hydrogens (tertiary/aromatic N) is 1. The number of halogens is 5. The van der Waals surface area contributed by atoms with Gasteiger partial charge in [-0.25, -0.2) is 0 Å². The van der Waals surface area contributed by atoms with Gasteiger partial charge >= 0.3 is 41.6 Å². The summed E-state index contributed by atoms with van der Waals surface area (Å²) in [6.07, 6.45) is 0. The van der Waals surface area contributed by atoms with Crippen molar-refractivity contribution in [3.63, 3.8) is 0 Å². The molecule has 7 heteroatoms. The third-order valence-corrected chi connectivity index (χ3v) is 1.13. The molecule has 0 fully saturated rings. The quantitative estimate of drug-likeness (QED) is 0.413. The summed E-state index contributed by atoms with van der Waals surface area (Å²) in [5, 5.41) is 0. The minimum absolute atomic E-state index is 0.628. The molecule has 0 N–H and O–H groups in total. The second-order valence-corrected chi connectivity index (χ2v) is 5.88. The van der Waals surface area contributed by atoms with Gasteiger partial charge in [-0.15, -0.1) is 0 Å². The summed E-state index contributed by atoms with van der Waals surface area (Å²) in [5.41, 5.74) is 0. The molecule has 0 aromatic carbocycles. The van der Waals surface area contributed by atoms with E-state index in [9.17, 15) is 17.3 Å². The number of hydrogen-bond acceptors (Lipinski definition) is 0. The zero-order chi connectivity index (χ0) is 7.12.